The Kier molecular flexibility index (Phi) is 4.26. The second-order valence-corrected chi connectivity index (χ2v) is 5.82. The number of hydrogen-bond acceptors (Lipinski definition) is 4. The van der Waals surface area contributed by atoms with Gasteiger partial charge in [-0.25, -0.2) is 9.97 Å². The van der Waals surface area contributed by atoms with Crippen LogP contribution in [0.3, 0.4) is 0 Å². The number of nitrogens with zero attached hydrogens (tertiary/aromatic N) is 2. The van der Waals surface area contributed by atoms with E-state index in [4.69, 9.17) is 0 Å². The molecule has 0 spiro atoms. The number of anilines is 1. The first-order chi connectivity index (χ1) is 7.34. The van der Waals surface area contributed by atoms with Crippen molar-refractivity contribution in [3.8, 4) is 0 Å². The maximum absolute atomic E-state index is 4.16. The Morgan fingerprint density at radius 3 is 3.13 bits per heavy atom. The highest BCUT2D eigenvalue weighted by Gasteiger charge is 2.13. The van der Waals surface area contributed by atoms with Gasteiger partial charge in [0.2, 0.25) is 0 Å². The van der Waals surface area contributed by atoms with Crippen molar-refractivity contribution in [3.63, 3.8) is 0 Å². The van der Waals surface area contributed by atoms with Gasteiger partial charge in [0, 0.05) is 17.9 Å². The zero-order valence-electron chi connectivity index (χ0n) is 8.45. The number of hydrogen-bond donors (Lipinski definition) is 1. The molecule has 0 saturated carbocycles. The minimum absolute atomic E-state index is 0.743. The van der Waals surface area contributed by atoms with Crippen LogP contribution >= 0.6 is 27.7 Å². The van der Waals surface area contributed by atoms with Crippen LogP contribution in [0.25, 0.3) is 0 Å². The van der Waals surface area contributed by atoms with Crippen LogP contribution in [0.15, 0.2) is 17.0 Å². The molecule has 0 bridgehead atoms. The third kappa shape index (κ3) is 3.65. The van der Waals surface area contributed by atoms with Gasteiger partial charge in [0.1, 0.15) is 16.7 Å². The zero-order valence-corrected chi connectivity index (χ0v) is 10.9. The van der Waals surface area contributed by atoms with Crippen LogP contribution in [-0.4, -0.2) is 27.5 Å². The van der Waals surface area contributed by atoms with Gasteiger partial charge in [-0.2, -0.15) is 11.8 Å². The lowest BCUT2D eigenvalue weighted by molar-refractivity contribution is 0.677. The quantitative estimate of drug-likeness (QED) is 0.868. The molecule has 1 aromatic rings. The minimum Gasteiger partial charge on any atom is -0.369 e. The molecule has 1 fully saturated rings. The van der Waals surface area contributed by atoms with Gasteiger partial charge in [0.15, 0.2) is 0 Å². The number of nitrogens with one attached hydrogen (secondary N) is 1. The minimum atomic E-state index is 0.743. The van der Waals surface area contributed by atoms with E-state index in [1.165, 1.54) is 25.0 Å². The maximum atomic E-state index is 4.16. The van der Waals surface area contributed by atoms with Gasteiger partial charge in [-0.05, 0) is 34.5 Å². The molecule has 0 aromatic carbocycles. The molecule has 1 aromatic heterocycles. The van der Waals surface area contributed by atoms with Crippen LogP contribution in [0.2, 0.25) is 0 Å². The molecule has 1 unspecified atom stereocenters. The number of rotatable bonds is 3. The molecule has 1 aliphatic rings. The molecule has 2 heterocycles. The van der Waals surface area contributed by atoms with Crippen LogP contribution in [0, 0.1) is 0 Å². The van der Waals surface area contributed by atoms with Gasteiger partial charge in [-0.1, -0.05) is 6.42 Å². The average molecular weight is 288 g/mol. The molecular weight excluding hydrogens is 274 g/mol. The topological polar surface area (TPSA) is 37.8 Å². The molecule has 3 nitrogen and oxygen atoms in total. The van der Waals surface area contributed by atoms with E-state index >= 15 is 0 Å². The highest BCUT2D eigenvalue weighted by molar-refractivity contribution is 9.10. The molecule has 1 saturated heterocycles. The molecule has 0 aliphatic carbocycles. The fraction of sp³-hybridized carbons (Fsp3) is 0.600. The van der Waals surface area contributed by atoms with E-state index in [1.54, 1.807) is 6.33 Å². The molecule has 15 heavy (non-hydrogen) atoms. The lowest BCUT2D eigenvalue weighted by atomic mass is 10.2. The molecule has 82 valence electrons. The van der Waals surface area contributed by atoms with Crippen molar-refractivity contribution in [1.29, 1.82) is 0 Å². The molecule has 1 N–H and O–H groups in total. The summed E-state index contributed by atoms with van der Waals surface area (Å²) in [6.07, 6.45) is 5.64. The third-order valence-corrected chi connectivity index (χ3v) is 4.25. The Morgan fingerprint density at radius 1 is 1.47 bits per heavy atom. The van der Waals surface area contributed by atoms with Crippen molar-refractivity contribution in [1.82, 2.24) is 9.97 Å². The van der Waals surface area contributed by atoms with Crippen molar-refractivity contribution in [2.24, 2.45) is 0 Å². The molecule has 5 heteroatoms. The first-order valence-corrected chi connectivity index (χ1v) is 7.02. The van der Waals surface area contributed by atoms with Gasteiger partial charge >= 0.3 is 0 Å². The number of aromatic nitrogens is 2. The molecule has 2 rings (SSSR count). The Bertz CT molecular complexity index is 315. The third-order valence-electron chi connectivity index (χ3n) is 2.42. The predicted octanol–water partition coefficient (Wildman–Crippen LogP) is 2.94. The second-order valence-electron chi connectivity index (χ2n) is 3.60. The standard InChI is InChI=1S/C10H14BrN3S/c11-9-5-10(14-7-13-9)12-6-8-3-1-2-4-15-8/h5,7-8H,1-4,6H2,(H,12,13,14). The SMILES string of the molecule is Brc1cc(NCC2CCCCS2)ncn1. The Morgan fingerprint density at radius 2 is 2.40 bits per heavy atom. The normalized spacial score (nSPS) is 21.3. The summed E-state index contributed by atoms with van der Waals surface area (Å²) in [7, 11) is 0. The summed E-state index contributed by atoms with van der Waals surface area (Å²) < 4.78 is 0.830. The van der Waals surface area contributed by atoms with E-state index in [9.17, 15) is 0 Å². The van der Waals surface area contributed by atoms with Crippen molar-refractivity contribution < 1.29 is 0 Å². The van der Waals surface area contributed by atoms with E-state index in [-0.39, 0.29) is 0 Å². The molecule has 1 aliphatic heterocycles. The number of thioether (sulfide) groups is 1. The fourth-order valence-corrected chi connectivity index (χ4v) is 3.16. The predicted molar refractivity (Wildman–Crippen MR) is 68.3 cm³/mol. The van der Waals surface area contributed by atoms with Crippen LogP contribution in [-0.2, 0) is 0 Å². The smallest absolute Gasteiger partial charge is 0.130 e. The van der Waals surface area contributed by atoms with Gasteiger partial charge in [0.25, 0.3) is 0 Å². The molecule has 0 amide bonds. The van der Waals surface area contributed by atoms with Crippen molar-refractivity contribution in [2.75, 3.05) is 17.6 Å². The average Bonchev–Trinajstić information content (AvgIpc) is 2.28. The molecular formula is C10H14BrN3S. The summed E-state index contributed by atoms with van der Waals surface area (Å²) in [5, 5.41) is 4.10. The fourth-order valence-electron chi connectivity index (χ4n) is 1.62. The maximum Gasteiger partial charge on any atom is 0.130 e. The van der Waals surface area contributed by atoms with Gasteiger partial charge < -0.3 is 5.32 Å². The Labute approximate surface area is 103 Å². The van der Waals surface area contributed by atoms with Crippen molar-refractivity contribution in [3.05, 3.63) is 17.0 Å². The lowest BCUT2D eigenvalue weighted by Gasteiger charge is -2.21. The first-order valence-electron chi connectivity index (χ1n) is 5.17. The summed E-state index contributed by atoms with van der Waals surface area (Å²) in [5.74, 6) is 2.21. The van der Waals surface area contributed by atoms with E-state index < -0.39 is 0 Å². The van der Waals surface area contributed by atoms with E-state index in [1.807, 2.05) is 6.07 Å². The Hall–Kier alpha value is -0.290. The summed E-state index contributed by atoms with van der Waals surface area (Å²) in [5.41, 5.74) is 0. The summed E-state index contributed by atoms with van der Waals surface area (Å²) >= 11 is 5.40. The lowest BCUT2D eigenvalue weighted by Crippen LogP contribution is -2.20. The van der Waals surface area contributed by atoms with Crippen molar-refractivity contribution >= 4 is 33.5 Å². The van der Waals surface area contributed by atoms with Gasteiger partial charge in [-0.15, -0.1) is 0 Å². The van der Waals surface area contributed by atoms with E-state index in [0.717, 1.165) is 22.2 Å². The van der Waals surface area contributed by atoms with Gasteiger partial charge in [-0.3, -0.25) is 0 Å². The van der Waals surface area contributed by atoms with E-state index in [0.29, 0.717) is 0 Å². The van der Waals surface area contributed by atoms with E-state index in [2.05, 4.69) is 43.0 Å². The highest BCUT2D eigenvalue weighted by Crippen LogP contribution is 2.25. The monoisotopic (exact) mass is 287 g/mol. The van der Waals surface area contributed by atoms with Crippen molar-refractivity contribution in [2.45, 2.75) is 24.5 Å². The van der Waals surface area contributed by atoms with Crippen LogP contribution in [0.1, 0.15) is 19.3 Å². The van der Waals surface area contributed by atoms with Crippen LogP contribution in [0.5, 0.6) is 0 Å². The first kappa shape index (κ1) is 11.2. The molecule has 1 atom stereocenters. The van der Waals surface area contributed by atoms with Crippen LogP contribution in [0.4, 0.5) is 5.82 Å². The summed E-state index contributed by atoms with van der Waals surface area (Å²) in [6, 6.07) is 1.91. The largest absolute Gasteiger partial charge is 0.369 e. The number of halogens is 1. The highest BCUT2D eigenvalue weighted by atomic mass is 79.9. The summed E-state index contributed by atoms with van der Waals surface area (Å²) in [6.45, 7) is 1.01. The van der Waals surface area contributed by atoms with Crippen LogP contribution < -0.4 is 5.32 Å². The Balaban J connectivity index is 1.81. The zero-order chi connectivity index (χ0) is 10.5. The summed E-state index contributed by atoms with van der Waals surface area (Å²) in [4.78, 5) is 8.16. The molecule has 0 radical (unpaired) electrons. The second kappa shape index (κ2) is 5.70. The van der Waals surface area contributed by atoms with Gasteiger partial charge in [0.05, 0.1) is 0 Å².